The molecule has 1 saturated carbocycles. The van der Waals surface area contributed by atoms with Crippen molar-refractivity contribution in [2.24, 2.45) is 0 Å². The average molecular weight is 485 g/mol. The lowest BCUT2D eigenvalue weighted by atomic mass is 10.0. The molecule has 0 radical (unpaired) electrons. The molecule has 2 amide bonds. The van der Waals surface area contributed by atoms with E-state index in [4.69, 9.17) is 4.74 Å². The summed E-state index contributed by atoms with van der Waals surface area (Å²) in [5.74, 6) is 0.644. The van der Waals surface area contributed by atoms with Gasteiger partial charge < -0.3 is 15.0 Å². The molecule has 1 aliphatic carbocycles. The largest absolute Gasteiger partial charge is 0.497 e. The number of aryl methyl sites for hydroxylation is 1. The number of amides is 2. The summed E-state index contributed by atoms with van der Waals surface area (Å²) >= 11 is 0. The first-order valence-electron chi connectivity index (χ1n) is 12.9. The van der Waals surface area contributed by atoms with Gasteiger partial charge in [-0.3, -0.25) is 9.59 Å². The minimum absolute atomic E-state index is 0.0239. The highest BCUT2D eigenvalue weighted by Crippen LogP contribution is 2.22. The molecule has 188 valence electrons. The summed E-state index contributed by atoms with van der Waals surface area (Å²) in [6.07, 6.45) is 5.73. The van der Waals surface area contributed by atoms with Gasteiger partial charge in [0, 0.05) is 25.4 Å². The van der Waals surface area contributed by atoms with Gasteiger partial charge >= 0.3 is 0 Å². The Kier molecular flexibility index (Phi) is 9.15. The number of ether oxygens (including phenoxy) is 1. The predicted octanol–water partition coefficient (Wildman–Crippen LogP) is 5.33. The lowest BCUT2D eigenvalue weighted by Crippen LogP contribution is -2.52. The number of hydrogen-bond donors (Lipinski definition) is 1. The van der Waals surface area contributed by atoms with Gasteiger partial charge in [-0.05, 0) is 48.1 Å². The van der Waals surface area contributed by atoms with Gasteiger partial charge in [0.05, 0.1) is 7.11 Å². The zero-order valence-electron chi connectivity index (χ0n) is 21.1. The van der Waals surface area contributed by atoms with E-state index >= 15 is 0 Å². The smallest absolute Gasteiger partial charge is 0.243 e. The molecule has 0 heterocycles. The third-order valence-corrected chi connectivity index (χ3v) is 6.93. The van der Waals surface area contributed by atoms with Crippen molar-refractivity contribution >= 4 is 11.8 Å². The molecule has 1 fully saturated rings. The number of nitrogens with one attached hydrogen (secondary N) is 1. The monoisotopic (exact) mass is 484 g/mol. The Bertz CT molecular complexity index is 1110. The second-order valence-electron chi connectivity index (χ2n) is 9.55. The molecule has 1 atom stereocenters. The second kappa shape index (κ2) is 12.9. The van der Waals surface area contributed by atoms with E-state index in [0.717, 1.165) is 48.1 Å². The van der Waals surface area contributed by atoms with Crippen molar-refractivity contribution in [3.05, 3.63) is 102 Å². The number of hydrogen-bond acceptors (Lipinski definition) is 3. The summed E-state index contributed by atoms with van der Waals surface area (Å²) in [5, 5.41) is 3.26. The Morgan fingerprint density at radius 2 is 1.53 bits per heavy atom. The first-order valence-corrected chi connectivity index (χ1v) is 12.9. The van der Waals surface area contributed by atoms with Crippen LogP contribution in [0, 0.1) is 0 Å². The fourth-order valence-corrected chi connectivity index (χ4v) is 4.93. The summed E-state index contributed by atoms with van der Waals surface area (Å²) in [6, 6.07) is 27.3. The van der Waals surface area contributed by atoms with E-state index in [-0.39, 0.29) is 17.9 Å². The van der Waals surface area contributed by atoms with E-state index in [9.17, 15) is 9.59 Å². The van der Waals surface area contributed by atoms with Crippen molar-refractivity contribution < 1.29 is 14.3 Å². The van der Waals surface area contributed by atoms with Crippen LogP contribution >= 0.6 is 0 Å². The number of methoxy groups -OCH3 is 1. The lowest BCUT2D eigenvalue weighted by molar-refractivity contribution is -0.141. The molecular formula is C31H36N2O3. The van der Waals surface area contributed by atoms with Gasteiger partial charge in [-0.2, -0.15) is 0 Å². The molecule has 0 aromatic heterocycles. The molecule has 4 rings (SSSR count). The molecule has 0 bridgehead atoms. The van der Waals surface area contributed by atoms with Crippen LogP contribution in [0.4, 0.5) is 0 Å². The van der Waals surface area contributed by atoms with Crippen LogP contribution < -0.4 is 10.1 Å². The number of benzene rings is 3. The molecule has 5 nitrogen and oxygen atoms in total. The van der Waals surface area contributed by atoms with E-state index in [1.807, 2.05) is 84.9 Å². The fourth-order valence-electron chi connectivity index (χ4n) is 4.93. The average Bonchev–Trinajstić information content (AvgIpc) is 3.43. The maximum absolute atomic E-state index is 13.8. The molecule has 5 heteroatoms. The molecule has 0 spiro atoms. The van der Waals surface area contributed by atoms with E-state index in [1.165, 1.54) is 0 Å². The van der Waals surface area contributed by atoms with E-state index in [1.54, 1.807) is 12.0 Å². The highest BCUT2D eigenvalue weighted by molar-refractivity contribution is 5.88. The van der Waals surface area contributed by atoms with Crippen molar-refractivity contribution in [3.63, 3.8) is 0 Å². The van der Waals surface area contributed by atoms with Crippen molar-refractivity contribution in [1.82, 2.24) is 10.2 Å². The minimum atomic E-state index is -0.595. The summed E-state index contributed by atoms with van der Waals surface area (Å²) < 4.78 is 5.41. The topological polar surface area (TPSA) is 58.6 Å². The van der Waals surface area contributed by atoms with Crippen molar-refractivity contribution in [2.45, 2.75) is 63.6 Å². The number of nitrogens with zero attached hydrogens (tertiary/aromatic N) is 1. The quantitative estimate of drug-likeness (QED) is 0.400. The Hall–Kier alpha value is -3.60. The van der Waals surface area contributed by atoms with Gasteiger partial charge in [-0.1, -0.05) is 85.6 Å². The van der Waals surface area contributed by atoms with Gasteiger partial charge in [0.1, 0.15) is 11.8 Å². The lowest BCUT2D eigenvalue weighted by Gasteiger charge is -2.32. The van der Waals surface area contributed by atoms with Gasteiger partial charge in [0.25, 0.3) is 0 Å². The van der Waals surface area contributed by atoms with Crippen molar-refractivity contribution in [1.29, 1.82) is 0 Å². The normalized spacial score (nSPS) is 14.2. The first-order chi connectivity index (χ1) is 17.6. The van der Waals surface area contributed by atoms with Gasteiger partial charge in [-0.25, -0.2) is 0 Å². The van der Waals surface area contributed by atoms with Crippen LogP contribution in [0.15, 0.2) is 84.9 Å². The van der Waals surface area contributed by atoms with Gasteiger partial charge in [0.2, 0.25) is 11.8 Å². The molecule has 0 saturated heterocycles. The van der Waals surface area contributed by atoms with E-state index < -0.39 is 6.04 Å². The van der Waals surface area contributed by atoms with Gasteiger partial charge in [0.15, 0.2) is 0 Å². The number of carbonyl (C=O) groups excluding carboxylic acids is 2. The molecule has 36 heavy (non-hydrogen) atoms. The maximum Gasteiger partial charge on any atom is 0.243 e. The molecule has 1 N–H and O–H groups in total. The first kappa shape index (κ1) is 25.5. The van der Waals surface area contributed by atoms with Crippen LogP contribution in [0.5, 0.6) is 5.75 Å². The molecule has 0 aliphatic heterocycles. The zero-order chi connectivity index (χ0) is 25.2. The Balaban J connectivity index is 1.62. The molecular weight excluding hydrogens is 448 g/mol. The predicted molar refractivity (Wildman–Crippen MR) is 143 cm³/mol. The van der Waals surface area contributed by atoms with Crippen LogP contribution in [-0.2, 0) is 29.0 Å². The van der Waals surface area contributed by atoms with E-state index in [2.05, 4.69) is 5.32 Å². The summed E-state index contributed by atoms with van der Waals surface area (Å²) in [5.41, 5.74) is 3.09. The standard InChI is InChI=1S/C31H36N2O3/c1-36-28-18-10-15-26(21-28)23-33(30(34)20-19-24-11-4-2-5-12-24)29(22-25-13-6-3-7-14-25)31(35)32-27-16-8-9-17-27/h2-7,10-15,18,21,27,29H,8-9,16-17,19-20,22-23H2,1H3,(H,32,35)/t29-/m1/s1. The van der Waals surface area contributed by atoms with Crippen LogP contribution in [0.2, 0.25) is 0 Å². The number of carbonyl (C=O) groups is 2. The van der Waals surface area contributed by atoms with Crippen molar-refractivity contribution in [3.8, 4) is 5.75 Å². The van der Waals surface area contributed by atoms with Crippen LogP contribution in [0.1, 0.15) is 48.8 Å². The summed E-state index contributed by atoms with van der Waals surface area (Å²) in [4.78, 5) is 29.2. The highest BCUT2D eigenvalue weighted by atomic mass is 16.5. The molecule has 3 aromatic carbocycles. The molecule has 3 aromatic rings. The van der Waals surface area contributed by atoms with Crippen LogP contribution in [0.25, 0.3) is 0 Å². The van der Waals surface area contributed by atoms with Gasteiger partial charge in [-0.15, -0.1) is 0 Å². The highest BCUT2D eigenvalue weighted by Gasteiger charge is 2.32. The molecule has 0 unspecified atom stereocenters. The Labute approximate surface area is 214 Å². The Morgan fingerprint density at radius 3 is 2.19 bits per heavy atom. The SMILES string of the molecule is COc1cccc(CN(C(=O)CCc2ccccc2)[C@H](Cc2ccccc2)C(=O)NC2CCCC2)c1. The Morgan fingerprint density at radius 1 is 0.889 bits per heavy atom. The van der Waals surface area contributed by atoms with E-state index in [0.29, 0.717) is 25.8 Å². The maximum atomic E-state index is 13.8. The van der Waals surface area contributed by atoms with Crippen molar-refractivity contribution in [2.75, 3.05) is 7.11 Å². The molecule has 1 aliphatic rings. The third kappa shape index (κ3) is 7.20. The number of rotatable bonds is 11. The summed E-state index contributed by atoms with van der Waals surface area (Å²) in [6.45, 7) is 0.348. The second-order valence-corrected chi connectivity index (χ2v) is 9.55. The fraction of sp³-hybridized carbons (Fsp3) is 0.355. The van der Waals surface area contributed by atoms with Crippen LogP contribution in [0.3, 0.4) is 0 Å². The third-order valence-electron chi connectivity index (χ3n) is 6.93. The minimum Gasteiger partial charge on any atom is -0.497 e. The summed E-state index contributed by atoms with van der Waals surface area (Å²) in [7, 11) is 1.63. The van der Waals surface area contributed by atoms with Crippen LogP contribution in [-0.4, -0.2) is 35.9 Å². The zero-order valence-corrected chi connectivity index (χ0v) is 21.1.